The van der Waals surface area contributed by atoms with E-state index >= 15 is 0 Å². The topological polar surface area (TPSA) is 99.0 Å². The number of nitrogens with zero attached hydrogens (tertiary/aromatic N) is 2. The van der Waals surface area contributed by atoms with Crippen LogP contribution in [0.1, 0.15) is 21.3 Å². The van der Waals surface area contributed by atoms with Gasteiger partial charge < -0.3 is 14.4 Å². The first-order chi connectivity index (χ1) is 11.0. The minimum atomic E-state index is -1.04. The normalized spacial score (nSPS) is 15.8. The Kier molecular flexibility index (Phi) is 5.51. The highest BCUT2D eigenvalue weighted by atomic mass is 35.5. The maximum Gasteiger partial charge on any atom is 0.344 e. The maximum atomic E-state index is 12.4. The summed E-state index contributed by atoms with van der Waals surface area (Å²) in [5, 5.41) is 9.94. The number of carbonyl (C=O) groups is 2. The minimum absolute atomic E-state index is 0.240. The van der Waals surface area contributed by atoms with Crippen molar-refractivity contribution in [3.63, 3.8) is 0 Å². The number of carbonyl (C=O) groups excluding carboxylic acids is 2. The van der Waals surface area contributed by atoms with E-state index < -0.39 is 22.0 Å². The number of ether oxygens (including phenoxy) is 2. The smallest absolute Gasteiger partial charge is 0.344 e. The van der Waals surface area contributed by atoms with Crippen LogP contribution in [-0.4, -0.2) is 55.1 Å². The fraction of sp³-hybridized carbons (Fsp3) is 0.429. The Morgan fingerprint density at radius 2 is 2.04 bits per heavy atom. The van der Waals surface area contributed by atoms with Gasteiger partial charge in [0.1, 0.15) is 10.9 Å². The molecule has 1 aliphatic heterocycles. The van der Waals surface area contributed by atoms with Crippen molar-refractivity contribution in [3.8, 4) is 0 Å². The highest BCUT2D eigenvalue weighted by molar-refractivity contribution is 6.30. The quantitative estimate of drug-likeness (QED) is 0.356. The van der Waals surface area contributed by atoms with Crippen LogP contribution in [0, 0.1) is 10.1 Å². The molecule has 9 heteroatoms. The lowest BCUT2D eigenvalue weighted by Gasteiger charge is -2.28. The second-order valence-corrected chi connectivity index (χ2v) is 5.26. The molecule has 0 saturated carbocycles. The molecule has 1 atom stereocenters. The molecule has 1 aromatic carbocycles. The first-order valence-corrected chi connectivity index (χ1v) is 7.26. The number of amides is 1. The number of hydrogen-bond acceptors (Lipinski definition) is 6. The van der Waals surface area contributed by atoms with E-state index in [2.05, 4.69) is 4.74 Å². The van der Waals surface area contributed by atoms with Gasteiger partial charge in [-0.25, -0.2) is 4.79 Å². The Hall–Kier alpha value is -2.19. The van der Waals surface area contributed by atoms with Crippen molar-refractivity contribution < 1.29 is 24.0 Å². The summed E-state index contributed by atoms with van der Waals surface area (Å²) in [7, 11) is 1.12. The standard InChI is InChI=1S/C14H15ClN2O6/c1-22-14(19)10-8-9(2-3-11(10)17(20)21)12(15)13(18)16-4-6-23-7-5-16/h2-3,8,12H,4-7H2,1H3. The van der Waals surface area contributed by atoms with Crippen LogP contribution in [0.2, 0.25) is 0 Å². The van der Waals surface area contributed by atoms with Crippen molar-refractivity contribution in [2.75, 3.05) is 33.4 Å². The third-order valence-corrected chi connectivity index (χ3v) is 3.89. The number of rotatable bonds is 4. The fourth-order valence-electron chi connectivity index (χ4n) is 2.23. The average molecular weight is 343 g/mol. The molecule has 0 aliphatic carbocycles. The number of morpholine rings is 1. The summed E-state index contributed by atoms with van der Waals surface area (Å²) >= 11 is 6.19. The molecule has 0 N–H and O–H groups in total. The van der Waals surface area contributed by atoms with Crippen molar-refractivity contribution in [2.24, 2.45) is 0 Å². The molecule has 1 aromatic rings. The van der Waals surface area contributed by atoms with Crippen LogP contribution in [0.5, 0.6) is 0 Å². The van der Waals surface area contributed by atoms with Gasteiger partial charge in [-0.1, -0.05) is 6.07 Å². The van der Waals surface area contributed by atoms with E-state index in [1.807, 2.05) is 0 Å². The summed E-state index contributed by atoms with van der Waals surface area (Å²) in [4.78, 5) is 35.9. The molecule has 2 rings (SSSR count). The van der Waals surface area contributed by atoms with Gasteiger partial charge in [0.15, 0.2) is 0 Å². The SMILES string of the molecule is COC(=O)c1cc(C(Cl)C(=O)N2CCOCC2)ccc1[N+](=O)[O-]. The van der Waals surface area contributed by atoms with Crippen LogP contribution >= 0.6 is 11.6 Å². The molecule has 124 valence electrons. The van der Waals surface area contributed by atoms with Crippen LogP contribution in [-0.2, 0) is 14.3 Å². The molecule has 0 radical (unpaired) electrons. The van der Waals surface area contributed by atoms with Crippen molar-refractivity contribution in [2.45, 2.75) is 5.38 Å². The molecule has 1 aliphatic rings. The third kappa shape index (κ3) is 3.77. The molecule has 1 fully saturated rings. The zero-order valence-electron chi connectivity index (χ0n) is 12.4. The zero-order chi connectivity index (χ0) is 17.0. The predicted molar refractivity (Wildman–Crippen MR) is 80.4 cm³/mol. The molecule has 0 spiro atoms. The second-order valence-electron chi connectivity index (χ2n) is 4.83. The lowest BCUT2D eigenvalue weighted by Crippen LogP contribution is -2.42. The highest BCUT2D eigenvalue weighted by Crippen LogP contribution is 2.29. The first kappa shape index (κ1) is 17.2. The van der Waals surface area contributed by atoms with Crippen LogP contribution in [0.3, 0.4) is 0 Å². The molecule has 8 nitrogen and oxygen atoms in total. The van der Waals surface area contributed by atoms with Gasteiger partial charge in [0, 0.05) is 19.2 Å². The van der Waals surface area contributed by atoms with Gasteiger partial charge in [0.05, 0.1) is 25.2 Å². The van der Waals surface area contributed by atoms with Crippen molar-refractivity contribution >= 4 is 29.2 Å². The first-order valence-electron chi connectivity index (χ1n) is 6.83. The summed E-state index contributed by atoms with van der Waals surface area (Å²) in [6.07, 6.45) is 0. The summed E-state index contributed by atoms with van der Waals surface area (Å²) in [6.45, 7) is 1.73. The Bertz CT molecular complexity index is 630. The van der Waals surface area contributed by atoms with Gasteiger partial charge in [0.2, 0.25) is 5.91 Å². The number of nitro groups is 1. The molecular formula is C14H15ClN2O6. The summed E-state index contributed by atoms with van der Waals surface area (Å²) in [5.74, 6) is -1.19. The van der Waals surface area contributed by atoms with Crippen molar-refractivity contribution in [1.29, 1.82) is 0 Å². The second kappa shape index (κ2) is 7.38. The highest BCUT2D eigenvalue weighted by Gasteiger charge is 2.28. The molecule has 0 aromatic heterocycles. The molecule has 23 heavy (non-hydrogen) atoms. The van der Waals surface area contributed by atoms with Crippen LogP contribution in [0.25, 0.3) is 0 Å². The Morgan fingerprint density at radius 1 is 1.39 bits per heavy atom. The minimum Gasteiger partial charge on any atom is -0.465 e. The fourth-order valence-corrected chi connectivity index (χ4v) is 2.50. The summed E-state index contributed by atoms with van der Waals surface area (Å²) in [5.41, 5.74) is -0.340. The Morgan fingerprint density at radius 3 is 2.61 bits per heavy atom. The lowest BCUT2D eigenvalue weighted by atomic mass is 10.0. The van der Waals surface area contributed by atoms with E-state index in [1.165, 1.54) is 12.1 Å². The molecular weight excluding hydrogens is 328 g/mol. The van der Waals surface area contributed by atoms with E-state index in [0.29, 0.717) is 31.9 Å². The van der Waals surface area contributed by atoms with Gasteiger partial charge in [-0.15, -0.1) is 11.6 Å². The van der Waals surface area contributed by atoms with Gasteiger partial charge in [-0.2, -0.15) is 0 Å². The summed E-state index contributed by atoms with van der Waals surface area (Å²) in [6, 6.07) is 3.73. The number of esters is 1. The van der Waals surface area contributed by atoms with E-state index in [9.17, 15) is 19.7 Å². The monoisotopic (exact) mass is 342 g/mol. The van der Waals surface area contributed by atoms with Crippen molar-refractivity contribution in [1.82, 2.24) is 4.90 Å². The number of benzene rings is 1. The Labute approximate surface area is 137 Å². The molecule has 1 heterocycles. The molecule has 1 amide bonds. The average Bonchev–Trinajstić information content (AvgIpc) is 2.59. The predicted octanol–water partition coefficient (Wildman–Crippen LogP) is 1.52. The van der Waals surface area contributed by atoms with E-state index in [4.69, 9.17) is 16.3 Å². The van der Waals surface area contributed by atoms with Gasteiger partial charge in [0.25, 0.3) is 5.69 Å². The van der Waals surface area contributed by atoms with Crippen LogP contribution < -0.4 is 0 Å². The zero-order valence-corrected chi connectivity index (χ0v) is 13.1. The van der Waals surface area contributed by atoms with Crippen molar-refractivity contribution in [3.05, 3.63) is 39.4 Å². The molecule has 1 saturated heterocycles. The summed E-state index contributed by atoms with van der Waals surface area (Å²) < 4.78 is 9.71. The molecule has 0 bridgehead atoms. The van der Waals surface area contributed by atoms with E-state index in [0.717, 1.165) is 13.2 Å². The number of methoxy groups -OCH3 is 1. The number of halogens is 1. The Balaban J connectivity index is 2.29. The molecule has 1 unspecified atom stereocenters. The van der Waals surface area contributed by atoms with Gasteiger partial charge >= 0.3 is 5.97 Å². The van der Waals surface area contributed by atoms with Gasteiger partial charge in [-0.3, -0.25) is 14.9 Å². The lowest BCUT2D eigenvalue weighted by molar-refractivity contribution is -0.385. The van der Waals surface area contributed by atoms with Crippen LogP contribution in [0.4, 0.5) is 5.69 Å². The number of nitro benzene ring substituents is 1. The van der Waals surface area contributed by atoms with Crippen LogP contribution in [0.15, 0.2) is 18.2 Å². The maximum absolute atomic E-state index is 12.4. The van der Waals surface area contributed by atoms with E-state index in [-0.39, 0.29) is 11.5 Å². The third-order valence-electron chi connectivity index (χ3n) is 3.45. The number of hydrogen-bond donors (Lipinski definition) is 0. The largest absolute Gasteiger partial charge is 0.465 e. The van der Waals surface area contributed by atoms with E-state index in [1.54, 1.807) is 4.90 Å². The number of alkyl halides is 1. The van der Waals surface area contributed by atoms with Gasteiger partial charge in [-0.05, 0) is 11.6 Å².